The van der Waals surface area contributed by atoms with Gasteiger partial charge in [0.2, 0.25) is 0 Å². The highest BCUT2D eigenvalue weighted by Gasteiger charge is 2.10. The van der Waals surface area contributed by atoms with Gasteiger partial charge in [0, 0.05) is 0 Å². The number of imidazole rings is 1. The molecule has 5 heteroatoms. The number of hydrogen-bond acceptors (Lipinski definition) is 4. The van der Waals surface area contributed by atoms with Crippen LogP contribution < -0.4 is 14.8 Å². The number of para-hydroxylation sites is 2. The summed E-state index contributed by atoms with van der Waals surface area (Å²) in [5.74, 6) is 0.798. The summed E-state index contributed by atoms with van der Waals surface area (Å²) >= 11 is 1.41. The van der Waals surface area contributed by atoms with Crippen molar-refractivity contribution in [3.8, 4) is 5.75 Å². The van der Waals surface area contributed by atoms with E-state index in [1.165, 1.54) is 11.3 Å². The molecule has 0 fully saturated rings. The first-order valence-corrected chi connectivity index (χ1v) is 7.64. The first kappa shape index (κ1) is 13.0. The Bertz CT molecular complexity index is 1080. The maximum atomic E-state index is 12.6. The van der Waals surface area contributed by atoms with Gasteiger partial charge in [-0.2, -0.15) is 0 Å². The molecule has 0 saturated carbocycles. The Kier molecular flexibility index (Phi) is 2.94. The van der Waals surface area contributed by atoms with Gasteiger partial charge >= 0.3 is 0 Å². The number of thiazole rings is 1. The molecule has 2 heterocycles. The third-order valence-electron chi connectivity index (χ3n) is 3.56. The van der Waals surface area contributed by atoms with Crippen LogP contribution >= 0.6 is 11.3 Å². The van der Waals surface area contributed by atoms with Crippen LogP contribution in [-0.2, 0) is 0 Å². The molecular weight excluding hydrogens is 296 g/mol. The molecule has 4 nitrogen and oxygen atoms in total. The van der Waals surface area contributed by atoms with Gasteiger partial charge < -0.3 is 4.74 Å². The summed E-state index contributed by atoms with van der Waals surface area (Å²) in [6.07, 6.45) is 1.88. The van der Waals surface area contributed by atoms with Gasteiger partial charge in [0.05, 0.1) is 22.7 Å². The fraction of sp³-hybridized carbons (Fsp3) is 0.0588. The van der Waals surface area contributed by atoms with Crippen molar-refractivity contribution in [3.05, 3.63) is 69.0 Å². The number of aromatic nitrogens is 2. The molecule has 0 aliphatic carbocycles. The highest BCUT2D eigenvalue weighted by atomic mass is 32.1. The van der Waals surface area contributed by atoms with Gasteiger partial charge in [-0.15, -0.1) is 0 Å². The third-order valence-corrected chi connectivity index (χ3v) is 4.53. The summed E-state index contributed by atoms with van der Waals surface area (Å²) in [6.45, 7) is 0. The highest BCUT2D eigenvalue weighted by Crippen LogP contribution is 2.16. The fourth-order valence-electron chi connectivity index (χ4n) is 2.46. The summed E-state index contributed by atoms with van der Waals surface area (Å²) in [5.41, 5.74) is 2.64. The Hall–Kier alpha value is -2.66. The van der Waals surface area contributed by atoms with Crippen LogP contribution in [0.2, 0.25) is 0 Å². The average molecular weight is 308 g/mol. The zero-order valence-corrected chi connectivity index (χ0v) is 12.6. The van der Waals surface area contributed by atoms with E-state index in [9.17, 15) is 4.79 Å². The molecule has 2 aromatic heterocycles. The minimum Gasteiger partial charge on any atom is -0.497 e. The fourth-order valence-corrected chi connectivity index (χ4v) is 3.45. The topological polar surface area (TPSA) is 43.6 Å². The zero-order valence-electron chi connectivity index (χ0n) is 11.8. The van der Waals surface area contributed by atoms with Crippen molar-refractivity contribution in [2.45, 2.75) is 0 Å². The van der Waals surface area contributed by atoms with E-state index < -0.39 is 0 Å². The molecule has 4 rings (SSSR count). The molecule has 0 aliphatic heterocycles. The molecule has 0 bridgehead atoms. The third kappa shape index (κ3) is 1.98. The molecule has 108 valence electrons. The normalized spacial score (nSPS) is 12.3. The lowest BCUT2D eigenvalue weighted by atomic mass is 10.2. The van der Waals surface area contributed by atoms with Gasteiger partial charge in [0.25, 0.3) is 5.56 Å². The Morgan fingerprint density at radius 3 is 2.68 bits per heavy atom. The smallest absolute Gasteiger partial charge is 0.274 e. The Morgan fingerprint density at radius 1 is 1.14 bits per heavy atom. The lowest BCUT2D eigenvalue weighted by Gasteiger charge is -1.98. The molecule has 0 unspecified atom stereocenters. The van der Waals surface area contributed by atoms with Gasteiger partial charge in [0.15, 0.2) is 4.96 Å². The standard InChI is InChI=1S/C17H12N2O2S/c1-21-12-8-6-11(7-9-12)10-15-16(20)19-14-5-3-2-4-13(14)18-17(19)22-15/h2-10H,1H3. The maximum Gasteiger partial charge on any atom is 0.274 e. The van der Waals surface area contributed by atoms with Gasteiger partial charge in [0.1, 0.15) is 5.75 Å². The van der Waals surface area contributed by atoms with Gasteiger partial charge in [-0.3, -0.25) is 4.79 Å². The van der Waals surface area contributed by atoms with Crippen LogP contribution in [0.3, 0.4) is 0 Å². The Labute approximate surface area is 129 Å². The largest absolute Gasteiger partial charge is 0.497 e. The lowest BCUT2D eigenvalue weighted by molar-refractivity contribution is 0.415. The predicted molar refractivity (Wildman–Crippen MR) is 88.6 cm³/mol. The molecule has 2 aromatic carbocycles. The summed E-state index contributed by atoms with van der Waals surface area (Å²) in [4.78, 5) is 17.8. The second-order valence-corrected chi connectivity index (χ2v) is 5.92. The minimum atomic E-state index is -0.0236. The number of ether oxygens (including phenoxy) is 1. The SMILES string of the molecule is COc1ccc(C=c2sc3nc4ccccc4n3c2=O)cc1. The summed E-state index contributed by atoms with van der Waals surface area (Å²) in [7, 11) is 1.63. The van der Waals surface area contributed by atoms with Crippen LogP contribution in [0.1, 0.15) is 5.56 Å². The quantitative estimate of drug-likeness (QED) is 0.571. The van der Waals surface area contributed by atoms with E-state index in [0.29, 0.717) is 4.53 Å². The maximum absolute atomic E-state index is 12.6. The second-order valence-electron chi connectivity index (χ2n) is 4.91. The van der Waals surface area contributed by atoms with Crippen molar-refractivity contribution in [3.63, 3.8) is 0 Å². The molecule has 22 heavy (non-hydrogen) atoms. The van der Waals surface area contributed by atoms with Crippen molar-refractivity contribution < 1.29 is 4.74 Å². The molecule has 0 amide bonds. The van der Waals surface area contributed by atoms with Crippen LogP contribution in [0, 0.1) is 0 Å². The van der Waals surface area contributed by atoms with E-state index in [4.69, 9.17) is 4.74 Å². The van der Waals surface area contributed by atoms with E-state index >= 15 is 0 Å². The van der Waals surface area contributed by atoms with Crippen LogP contribution in [0.25, 0.3) is 22.1 Å². The number of nitrogens with zero attached hydrogens (tertiary/aromatic N) is 2. The number of hydrogen-bond donors (Lipinski definition) is 0. The molecule has 0 spiro atoms. The molecular formula is C17H12N2O2S. The average Bonchev–Trinajstić information content (AvgIpc) is 3.05. The van der Waals surface area contributed by atoms with E-state index in [-0.39, 0.29) is 5.56 Å². The summed E-state index contributed by atoms with van der Waals surface area (Å²) in [6, 6.07) is 15.3. The van der Waals surface area contributed by atoms with Gasteiger partial charge in [-0.1, -0.05) is 35.6 Å². The van der Waals surface area contributed by atoms with Crippen molar-refractivity contribution in [1.29, 1.82) is 0 Å². The number of rotatable bonds is 2. The summed E-state index contributed by atoms with van der Waals surface area (Å²) < 4.78 is 7.49. The van der Waals surface area contributed by atoms with E-state index in [0.717, 1.165) is 27.3 Å². The first-order chi connectivity index (χ1) is 10.8. The molecule has 0 N–H and O–H groups in total. The minimum absolute atomic E-state index is 0.0236. The number of fused-ring (bicyclic) bond motifs is 3. The summed E-state index contributed by atoms with van der Waals surface area (Å²) in [5, 5.41) is 0. The van der Waals surface area contributed by atoms with E-state index in [1.807, 2.05) is 54.6 Å². The molecule has 0 atom stereocenters. The zero-order chi connectivity index (χ0) is 15.1. The lowest BCUT2D eigenvalue weighted by Crippen LogP contribution is -2.22. The van der Waals surface area contributed by atoms with Crippen LogP contribution in [0.4, 0.5) is 0 Å². The van der Waals surface area contributed by atoms with Gasteiger partial charge in [-0.05, 0) is 35.9 Å². The van der Waals surface area contributed by atoms with Crippen LogP contribution in [0.15, 0.2) is 53.3 Å². The molecule has 4 aromatic rings. The monoisotopic (exact) mass is 308 g/mol. The second kappa shape index (κ2) is 4.96. The van der Waals surface area contributed by atoms with Crippen molar-refractivity contribution in [1.82, 2.24) is 9.38 Å². The van der Waals surface area contributed by atoms with Crippen LogP contribution in [0.5, 0.6) is 5.75 Å². The first-order valence-electron chi connectivity index (χ1n) is 6.82. The Balaban J connectivity index is 1.93. The van der Waals surface area contributed by atoms with Crippen LogP contribution in [-0.4, -0.2) is 16.5 Å². The highest BCUT2D eigenvalue weighted by molar-refractivity contribution is 7.15. The molecule has 0 radical (unpaired) electrons. The molecule has 0 saturated heterocycles. The van der Waals surface area contributed by atoms with E-state index in [1.54, 1.807) is 11.5 Å². The van der Waals surface area contributed by atoms with Crippen molar-refractivity contribution in [2.24, 2.45) is 0 Å². The van der Waals surface area contributed by atoms with Crippen molar-refractivity contribution >= 4 is 33.4 Å². The Morgan fingerprint density at radius 2 is 1.91 bits per heavy atom. The van der Waals surface area contributed by atoms with Crippen molar-refractivity contribution in [2.75, 3.05) is 7.11 Å². The van der Waals surface area contributed by atoms with E-state index in [2.05, 4.69) is 4.98 Å². The van der Waals surface area contributed by atoms with Gasteiger partial charge in [-0.25, -0.2) is 9.38 Å². The number of benzene rings is 2. The number of methoxy groups -OCH3 is 1. The predicted octanol–water partition coefficient (Wildman–Crippen LogP) is 2.47. The molecule has 0 aliphatic rings.